The van der Waals surface area contributed by atoms with Gasteiger partial charge in [0.25, 0.3) is 0 Å². The van der Waals surface area contributed by atoms with E-state index in [4.69, 9.17) is 4.74 Å². The second-order valence-electron chi connectivity index (χ2n) is 6.40. The number of pyridine rings is 1. The fourth-order valence-electron chi connectivity index (χ4n) is 3.31. The Morgan fingerprint density at radius 2 is 2.00 bits per heavy atom. The van der Waals surface area contributed by atoms with E-state index in [1.54, 1.807) is 18.5 Å². The van der Waals surface area contributed by atoms with E-state index >= 15 is 0 Å². The number of aromatic nitrogens is 3. The number of nitrogens with zero attached hydrogens (tertiary/aromatic N) is 4. The monoisotopic (exact) mass is 351 g/mol. The lowest BCUT2D eigenvalue weighted by Gasteiger charge is -2.36. The first kappa shape index (κ1) is 16.7. The number of ether oxygens (including phenoxy) is 1. The number of anilines is 2. The summed E-state index contributed by atoms with van der Waals surface area (Å²) in [5.74, 6) is 2.14. The van der Waals surface area contributed by atoms with E-state index in [1.165, 1.54) is 0 Å². The number of hydrogen-bond acceptors (Lipinski definition) is 6. The van der Waals surface area contributed by atoms with Crippen molar-refractivity contribution >= 4 is 17.5 Å². The van der Waals surface area contributed by atoms with Gasteiger partial charge in [-0.25, -0.2) is 15.0 Å². The molecule has 2 aromatic rings. The summed E-state index contributed by atoms with van der Waals surface area (Å²) < 4.78 is 5.62. The Labute approximate surface area is 152 Å². The third kappa shape index (κ3) is 3.57. The van der Waals surface area contributed by atoms with Crippen molar-refractivity contribution < 1.29 is 9.53 Å². The predicted molar refractivity (Wildman–Crippen MR) is 96.7 cm³/mol. The third-order valence-electron chi connectivity index (χ3n) is 4.66. The van der Waals surface area contributed by atoms with E-state index in [2.05, 4.69) is 32.4 Å². The summed E-state index contributed by atoms with van der Waals surface area (Å²) in [6, 6.07) is 7.16. The molecule has 1 N–H and O–H groups in total. The molecule has 1 aliphatic carbocycles. The van der Waals surface area contributed by atoms with Gasteiger partial charge in [0.05, 0.1) is 13.2 Å². The van der Waals surface area contributed by atoms with Crippen LogP contribution in [-0.2, 0) is 9.53 Å². The van der Waals surface area contributed by atoms with Gasteiger partial charge in [-0.05, 0) is 31.0 Å². The summed E-state index contributed by atoms with van der Waals surface area (Å²) in [5, 5.41) is 3.17. The molecule has 1 unspecified atom stereocenters. The highest BCUT2D eigenvalue weighted by molar-refractivity contribution is 5.80. The fraction of sp³-hybridized carbons (Fsp3) is 0.368. The summed E-state index contributed by atoms with van der Waals surface area (Å²) in [6.45, 7) is 1.54. The zero-order chi connectivity index (χ0) is 17.8. The largest absolute Gasteiger partial charge is 0.377 e. The maximum atomic E-state index is 12.9. The van der Waals surface area contributed by atoms with Gasteiger partial charge >= 0.3 is 0 Å². The van der Waals surface area contributed by atoms with Crippen molar-refractivity contribution in [1.29, 1.82) is 0 Å². The second-order valence-corrected chi connectivity index (χ2v) is 6.40. The molecule has 0 bridgehead atoms. The number of hydrogen-bond donors (Lipinski definition) is 1. The van der Waals surface area contributed by atoms with E-state index in [1.807, 2.05) is 23.1 Å². The average Bonchev–Trinajstić information content (AvgIpc) is 3.23. The molecule has 0 radical (unpaired) electrons. The van der Waals surface area contributed by atoms with E-state index in [0.29, 0.717) is 37.2 Å². The molecule has 134 valence electrons. The van der Waals surface area contributed by atoms with Crippen molar-refractivity contribution in [3.63, 3.8) is 0 Å². The Balaban J connectivity index is 1.54. The molecule has 3 heterocycles. The molecule has 1 aliphatic heterocycles. The van der Waals surface area contributed by atoms with Gasteiger partial charge in [0, 0.05) is 24.9 Å². The number of carbonyl (C=O) groups excluding carboxylic acids is 1. The highest BCUT2D eigenvalue weighted by Crippen LogP contribution is 2.28. The highest BCUT2D eigenvalue weighted by Gasteiger charge is 2.34. The van der Waals surface area contributed by atoms with Crippen molar-refractivity contribution in [2.24, 2.45) is 5.92 Å². The molecule has 7 heteroatoms. The lowest BCUT2D eigenvalue weighted by molar-refractivity contribution is -0.144. The summed E-state index contributed by atoms with van der Waals surface area (Å²) in [5.41, 5.74) is 0. The minimum atomic E-state index is -0.262. The van der Waals surface area contributed by atoms with E-state index in [9.17, 15) is 4.79 Å². The van der Waals surface area contributed by atoms with Crippen LogP contribution in [0.15, 0.2) is 48.8 Å². The highest BCUT2D eigenvalue weighted by atomic mass is 16.5. The number of allylic oxidation sites excluding steroid dienone is 2. The van der Waals surface area contributed by atoms with Gasteiger partial charge in [-0.1, -0.05) is 18.2 Å². The average molecular weight is 351 g/mol. The van der Waals surface area contributed by atoms with Crippen LogP contribution < -0.4 is 5.32 Å². The Morgan fingerprint density at radius 3 is 2.81 bits per heavy atom. The van der Waals surface area contributed by atoms with Crippen molar-refractivity contribution in [2.45, 2.75) is 18.9 Å². The standard InChI is InChI=1S/C19H21N5O2/c25-19(14-5-1-2-6-14)24-11-12-26-13-15(24)18-21-10-8-17(23-18)22-16-7-3-4-9-20-16/h1-4,7-10,14-15H,5-6,11-13H2,(H,20,21,22,23). The molecule has 4 rings (SSSR count). The van der Waals surface area contributed by atoms with Crippen LogP contribution in [0.1, 0.15) is 24.7 Å². The Bertz CT molecular complexity index is 788. The molecule has 7 nitrogen and oxygen atoms in total. The maximum Gasteiger partial charge on any atom is 0.227 e. The van der Waals surface area contributed by atoms with Gasteiger partial charge in [-0.2, -0.15) is 0 Å². The third-order valence-corrected chi connectivity index (χ3v) is 4.66. The number of nitrogens with one attached hydrogen (secondary N) is 1. The topological polar surface area (TPSA) is 80.2 Å². The first-order valence-electron chi connectivity index (χ1n) is 8.85. The molecular weight excluding hydrogens is 330 g/mol. The first-order valence-corrected chi connectivity index (χ1v) is 8.85. The minimum absolute atomic E-state index is 0.0328. The number of rotatable bonds is 4. The molecule has 2 aromatic heterocycles. The van der Waals surface area contributed by atoms with Gasteiger partial charge < -0.3 is 15.0 Å². The zero-order valence-corrected chi connectivity index (χ0v) is 14.4. The summed E-state index contributed by atoms with van der Waals surface area (Å²) in [7, 11) is 0. The lowest BCUT2D eigenvalue weighted by Crippen LogP contribution is -2.46. The number of carbonyl (C=O) groups is 1. The maximum absolute atomic E-state index is 12.9. The van der Waals surface area contributed by atoms with Crippen molar-refractivity contribution in [3.8, 4) is 0 Å². The van der Waals surface area contributed by atoms with E-state index in [-0.39, 0.29) is 17.9 Å². The Kier molecular flexibility index (Phi) is 4.88. The number of amides is 1. The van der Waals surface area contributed by atoms with Crippen LogP contribution in [0.4, 0.5) is 11.6 Å². The molecule has 1 saturated heterocycles. The predicted octanol–water partition coefficient (Wildman–Crippen LogP) is 2.48. The summed E-state index contributed by atoms with van der Waals surface area (Å²) in [6.07, 6.45) is 9.19. The van der Waals surface area contributed by atoms with Crippen molar-refractivity contribution in [3.05, 3.63) is 54.6 Å². The quantitative estimate of drug-likeness (QED) is 0.853. The fourth-order valence-corrected chi connectivity index (χ4v) is 3.31. The van der Waals surface area contributed by atoms with E-state index in [0.717, 1.165) is 12.8 Å². The van der Waals surface area contributed by atoms with Crippen LogP contribution in [0.25, 0.3) is 0 Å². The van der Waals surface area contributed by atoms with E-state index < -0.39 is 0 Å². The van der Waals surface area contributed by atoms with Crippen LogP contribution in [0, 0.1) is 5.92 Å². The minimum Gasteiger partial charge on any atom is -0.377 e. The van der Waals surface area contributed by atoms with Gasteiger partial charge in [-0.15, -0.1) is 0 Å². The molecule has 2 aliphatic rings. The van der Waals surface area contributed by atoms with Crippen molar-refractivity contribution in [2.75, 3.05) is 25.1 Å². The van der Waals surface area contributed by atoms with Gasteiger partial charge in [0.15, 0.2) is 5.82 Å². The number of morpholine rings is 1. The van der Waals surface area contributed by atoms with Gasteiger partial charge in [0.2, 0.25) is 5.91 Å². The SMILES string of the molecule is O=C(C1CC=CC1)N1CCOCC1c1nccc(Nc2ccccn2)n1. The van der Waals surface area contributed by atoms with Crippen LogP contribution in [0.3, 0.4) is 0 Å². The lowest BCUT2D eigenvalue weighted by atomic mass is 10.0. The van der Waals surface area contributed by atoms with Crippen molar-refractivity contribution in [1.82, 2.24) is 19.9 Å². The van der Waals surface area contributed by atoms with Crippen LogP contribution in [0.5, 0.6) is 0 Å². The molecule has 0 spiro atoms. The second kappa shape index (κ2) is 7.61. The molecule has 26 heavy (non-hydrogen) atoms. The first-order chi connectivity index (χ1) is 12.8. The van der Waals surface area contributed by atoms with Crippen LogP contribution in [0.2, 0.25) is 0 Å². The van der Waals surface area contributed by atoms with Crippen LogP contribution in [-0.4, -0.2) is 45.5 Å². The summed E-state index contributed by atoms with van der Waals surface area (Å²) >= 11 is 0. The Morgan fingerprint density at radius 1 is 1.12 bits per heavy atom. The molecule has 0 saturated carbocycles. The Hall–Kier alpha value is -2.80. The zero-order valence-electron chi connectivity index (χ0n) is 14.4. The molecular formula is C19H21N5O2. The molecule has 1 atom stereocenters. The molecule has 0 aromatic carbocycles. The van der Waals surface area contributed by atoms with Gasteiger partial charge in [-0.3, -0.25) is 4.79 Å². The smallest absolute Gasteiger partial charge is 0.227 e. The normalized spacial score (nSPS) is 20.3. The summed E-state index contributed by atoms with van der Waals surface area (Å²) in [4.78, 5) is 28.0. The van der Waals surface area contributed by atoms with Crippen LogP contribution >= 0.6 is 0 Å². The molecule has 1 amide bonds. The van der Waals surface area contributed by atoms with Gasteiger partial charge in [0.1, 0.15) is 17.7 Å². The molecule has 1 fully saturated rings.